The number of hydrogen-bond donors (Lipinski definition) is 0. The average molecular weight is 381 g/mol. The molecule has 0 spiro atoms. The minimum atomic E-state index is 0.500. The molecule has 0 bridgehead atoms. The number of aryl methyl sites for hydroxylation is 1. The highest BCUT2D eigenvalue weighted by Crippen LogP contribution is 2.26. The van der Waals surface area contributed by atoms with E-state index in [0.717, 1.165) is 20.0 Å². The van der Waals surface area contributed by atoms with Gasteiger partial charge in [-0.3, -0.25) is 0 Å². The molecule has 2 nitrogen and oxygen atoms in total. The maximum atomic E-state index is 6.27. The number of fused-ring (bicyclic) bond motifs is 1. The Morgan fingerprint density at radius 2 is 1.89 bits per heavy atom. The van der Waals surface area contributed by atoms with Crippen LogP contribution >= 0.6 is 34.2 Å². The predicted octanol–water partition coefficient (Wildman–Crippen LogP) is 4.86. The smallest absolute Gasteiger partial charge is 0.161 e. The van der Waals surface area contributed by atoms with E-state index in [1.165, 1.54) is 5.56 Å². The lowest BCUT2D eigenvalue weighted by Gasteiger charge is -2.05. The third kappa shape index (κ3) is 2.58. The van der Waals surface area contributed by atoms with Gasteiger partial charge in [0.1, 0.15) is 5.15 Å². The first-order chi connectivity index (χ1) is 9.13. The van der Waals surface area contributed by atoms with Gasteiger partial charge in [0.15, 0.2) is 5.82 Å². The van der Waals surface area contributed by atoms with Crippen LogP contribution in [0.2, 0.25) is 5.15 Å². The average Bonchev–Trinajstić information content (AvgIpc) is 2.39. The van der Waals surface area contributed by atoms with Crippen molar-refractivity contribution in [1.82, 2.24) is 9.97 Å². The molecule has 0 radical (unpaired) electrons. The first-order valence-electron chi connectivity index (χ1n) is 5.83. The van der Waals surface area contributed by atoms with Gasteiger partial charge in [-0.15, -0.1) is 0 Å². The highest BCUT2D eigenvalue weighted by molar-refractivity contribution is 14.1. The van der Waals surface area contributed by atoms with Crippen LogP contribution in [-0.4, -0.2) is 9.97 Å². The lowest BCUT2D eigenvalue weighted by molar-refractivity contribution is 1.22. The van der Waals surface area contributed by atoms with Crippen molar-refractivity contribution in [1.29, 1.82) is 0 Å². The normalized spacial score (nSPS) is 10.9. The van der Waals surface area contributed by atoms with Crippen LogP contribution in [0.4, 0.5) is 0 Å². The molecule has 4 heteroatoms. The summed E-state index contributed by atoms with van der Waals surface area (Å²) >= 11 is 8.52. The van der Waals surface area contributed by atoms with Crippen LogP contribution in [0.5, 0.6) is 0 Å². The van der Waals surface area contributed by atoms with E-state index < -0.39 is 0 Å². The van der Waals surface area contributed by atoms with Crippen molar-refractivity contribution in [3.05, 3.63) is 56.8 Å². The Morgan fingerprint density at radius 3 is 2.68 bits per heavy atom. The van der Waals surface area contributed by atoms with Crippen molar-refractivity contribution in [3.63, 3.8) is 0 Å². The molecule has 1 aromatic heterocycles. The number of rotatable bonds is 1. The van der Waals surface area contributed by atoms with Gasteiger partial charge in [0, 0.05) is 14.5 Å². The molecule has 2 aromatic carbocycles. The summed E-state index contributed by atoms with van der Waals surface area (Å²) in [7, 11) is 0. The van der Waals surface area contributed by atoms with Crippen molar-refractivity contribution in [2.45, 2.75) is 6.92 Å². The summed E-state index contributed by atoms with van der Waals surface area (Å²) in [5.74, 6) is 0.669. The number of nitrogens with zero attached hydrogens (tertiary/aromatic N) is 2. The van der Waals surface area contributed by atoms with Crippen LogP contribution in [0.1, 0.15) is 5.56 Å². The molecule has 0 saturated heterocycles. The van der Waals surface area contributed by atoms with Gasteiger partial charge < -0.3 is 0 Å². The highest BCUT2D eigenvalue weighted by Gasteiger charge is 2.08. The summed E-state index contributed by atoms with van der Waals surface area (Å²) in [6.45, 7) is 2.05. The molecule has 0 atom stereocenters. The van der Waals surface area contributed by atoms with Gasteiger partial charge in [-0.25, -0.2) is 9.97 Å². The zero-order valence-corrected chi connectivity index (χ0v) is 13.1. The molecule has 0 aliphatic rings. The van der Waals surface area contributed by atoms with Crippen LogP contribution in [0.3, 0.4) is 0 Å². The van der Waals surface area contributed by atoms with E-state index in [4.69, 9.17) is 11.6 Å². The number of hydrogen-bond acceptors (Lipinski definition) is 2. The Hall–Kier alpha value is -1.20. The molecule has 0 aliphatic heterocycles. The fraction of sp³-hybridized carbons (Fsp3) is 0.0667. The minimum absolute atomic E-state index is 0.500. The first-order valence-corrected chi connectivity index (χ1v) is 7.29. The van der Waals surface area contributed by atoms with E-state index in [1.807, 2.05) is 30.3 Å². The van der Waals surface area contributed by atoms with Gasteiger partial charge in [-0.2, -0.15) is 0 Å². The van der Waals surface area contributed by atoms with Gasteiger partial charge in [0.2, 0.25) is 0 Å². The second-order valence-corrected chi connectivity index (χ2v) is 5.97. The van der Waals surface area contributed by atoms with E-state index in [2.05, 4.69) is 51.6 Å². The van der Waals surface area contributed by atoms with E-state index in [9.17, 15) is 0 Å². The van der Waals surface area contributed by atoms with Crippen LogP contribution in [-0.2, 0) is 0 Å². The fourth-order valence-electron chi connectivity index (χ4n) is 1.98. The lowest BCUT2D eigenvalue weighted by Crippen LogP contribution is -1.92. The molecule has 0 aliphatic carbocycles. The summed E-state index contributed by atoms with van der Waals surface area (Å²) in [4.78, 5) is 8.99. The summed E-state index contributed by atoms with van der Waals surface area (Å²) in [6.07, 6.45) is 0. The Kier molecular flexibility index (Phi) is 3.41. The second kappa shape index (κ2) is 5.06. The lowest BCUT2D eigenvalue weighted by atomic mass is 10.1. The quantitative estimate of drug-likeness (QED) is 0.445. The van der Waals surface area contributed by atoms with E-state index in [0.29, 0.717) is 11.0 Å². The summed E-state index contributed by atoms with van der Waals surface area (Å²) in [6, 6.07) is 14.1. The number of halogens is 2. The fourth-order valence-corrected chi connectivity index (χ4v) is 2.70. The number of aromatic nitrogens is 2. The van der Waals surface area contributed by atoms with Crippen LogP contribution in [0.15, 0.2) is 42.5 Å². The summed E-state index contributed by atoms with van der Waals surface area (Å²) in [5, 5.41) is 1.39. The van der Waals surface area contributed by atoms with Crippen molar-refractivity contribution >= 4 is 45.1 Å². The van der Waals surface area contributed by atoms with Crippen LogP contribution < -0.4 is 0 Å². The van der Waals surface area contributed by atoms with E-state index in [-0.39, 0.29) is 0 Å². The molecule has 0 amide bonds. The Labute approximate surface area is 130 Å². The van der Waals surface area contributed by atoms with Crippen molar-refractivity contribution in [2.75, 3.05) is 0 Å². The van der Waals surface area contributed by atoms with Crippen molar-refractivity contribution in [2.24, 2.45) is 0 Å². The van der Waals surface area contributed by atoms with E-state index in [1.54, 1.807) is 0 Å². The largest absolute Gasteiger partial charge is 0.228 e. The Bertz CT molecular complexity index is 771. The molecule has 3 rings (SSSR count). The second-order valence-electron chi connectivity index (χ2n) is 4.37. The van der Waals surface area contributed by atoms with Crippen LogP contribution in [0.25, 0.3) is 22.3 Å². The molecule has 0 fully saturated rings. The van der Waals surface area contributed by atoms with Gasteiger partial charge in [-0.1, -0.05) is 35.4 Å². The molecular formula is C15H10ClIN2. The van der Waals surface area contributed by atoms with Gasteiger partial charge in [0.05, 0.1) is 5.52 Å². The Balaban J connectivity index is 2.24. The third-order valence-electron chi connectivity index (χ3n) is 2.89. The summed E-state index contributed by atoms with van der Waals surface area (Å²) in [5.41, 5.74) is 3.04. The molecule has 3 aromatic rings. The maximum Gasteiger partial charge on any atom is 0.161 e. The highest BCUT2D eigenvalue weighted by atomic mass is 127. The van der Waals surface area contributed by atoms with Crippen LogP contribution in [0, 0.1) is 10.5 Å². The first kappa shape index (κ1) is 12.8. The molecule has 94 valence electrons. The standard InChI is InChI=1S/C15H10ClIN2/c1-9-3-2-4-10(7-9)15-18-13-6-5-11(17)8-12(13)14(16)19-15/h2-8H,1H3. The molecule has 19 heavy (non-hydrogen) atoms. The maximum absolute atomic E-state index is 6.27. The van der Waals surface area contributed by atoms with Crippen molar-refractivity contribution in [3.8, 4) is 11.4 Å². The van der Waals surface area contributed by atoms with E-state index >= 15 is 0 Å². The summed E-state index contributed by atoms with van der Waals surface area (Å²) < 4.78 is 1.12. The van der Waals surface area contributed by atoms with Gasteiger partial charge >= 0.3 is 0 Å². The minimum Gasteiger partial charge on any atom is -0.228 e. The topological polar surface area (TPSA) is 25.8 Å². The molecule has 0 saturated carbocycles. The molecule has 1 heterocycles. The SMILES string of the molecule is Cc1cccc(-c2nc(Cl)c3cc(I)ccc3n2)c1. The van der Waals surface area contributed by atoms with Gasteiger partial charge in [0.25, 0.3) is 0 Å². The van der Waals surface area contributed by atoms with Gasteiger partial charge in [-0.05, 0) is 53.8 Å². The molecular weight excluding hydrogens is 371 g/mol. The monoisotopic (exact) mass is 380 g/mol. The van der Waals surface area contributed by atoms with Crippen molar-refractivity contribution < 1.29 is 0 Å². The zero-order chi connectivity index (χ0) is 13.4. The zero-order valence-electron chi connectivity index (χ0n) is 10.2. The predicted molar refractivity (Wildman–Crippen MR) is 87.4 cm³/mol. The molecule has 0 unspecified atom stereocenters. The molecule has 0 N–H and O–H groups in total. The Morgan fingerprint density at radius 1 is 1.05 bits per heavy atom. The third-order valence-corrected chi connectivity index (χ3v) is 3.85. The number of benzene rings is 2.